The summed E-state index contributed by atoms with van der Waals surface area (Å²) in [5.41, 5.74) is 1.59. The average Bonchev–Trinajstić information content (AvgIpc) is 2.93. The van der Waals surface area contributed by atoms with Gasteiger partial charge < -0.3 is 25.0 Å². The Kier molecular flexibility index (Phi) is 9.15. The van der Waals surface area contributed by atoms with E-state index in [9.17, 15) is 14.4 Å². The summed E-state index contributed by atoms with van der Waals surface area (Å²) in [7, 11) is 0. The van der Waals surface area contributed by atoms with E-state index in [2.05, 4.69) is 25.4 Å². The summed E-state index contributed by atoms with van der Waals surface area (Å²) >= 11 is 0. The summed E-state index contributed by atoms with van der Waals surface area (Å²) in [4.78, 5) is 45.8. The van der Waals surface area contributed by atoms with Crippen molar-refractivity contribution in [2.75, 3.05) is 75.9 Å². The van der Waals surface area contributed by atoms with Crippen molar-refractivity contribution < 1.29 is 23.9 Å². The number of ketones is 1. The molecule has 0 unspecified atom stereocenters. The Morgan fingerprint density at radius 1 is 0.889 bits per heavy atom. The largest absolute Gasteiger partial charge is 0.379 e. The van der Waals surface area contributed by atoms with Gasteiger partial charge in [-0.3, -0.25) is 19.3 Å². The number of morpholine rings is 2. The third kappa shape index (κ3) is 7.45. The fourth-order valence-corrected chi connectivity index (χ4v) is 3.90. The van der Waals surface area contributed by atoms with Crippen molar-refractivity contribution in [1.29, 1.82) is 0 Å². The normalized spacial score (nSPS) is 16.6. The number of amides is 2. The standard InChI is InChI=1S/C26H31N5O5/c32-23(9-8-21-2-1-3-24(28-21)31-14-18-36-19-15-31)20-4-6-22(7-5-20)29-26(34)25(33)27-10-11-30-12-16-35-17-13-30/h1-9H,10-19H2,(H,27,33)(H,29,34). The number of rotatable bonds is 8. The van der Waals surface area contributed by atoms with Gasteiger partial charge in [0.15, 0.2) is 5.78 Å². The first-order valence-electron chi connectivity index (χ1n) is 12.1. The highest BCUT2D eigenvalue weighted by Crippen LogP contribution is 2.15. The Morgan fingerprint density at radius 3 is 2.31 bits per heavy atom. The van der Waals surface area contributed by atoms with E-state index in [1.165, 1.54) is 6.08 Å². The molecule has 0 aliphatic carbocycles. The molecule has 2 saturated heterocycles. The van der Waals surface area contributed by atoms with Crippen LogP contribution in [-0.4, -0.2) is 93.2 Å². The summed E-state index contributed by atoms with van der Waals surface area (Å²) in [6, 6.07) is 12.1. The van der Waals surface area contributed by atoms with Crippen LogP contribution < -0.4 is 15.5 Å². The second kappa shape index (κ2) is 12.9. The molecule has 1 aromatic heterocycles. The Balaban J connectivity index is 1.25. The zero-order valence-corrected chi connectivity index (χ0v) is 20.2. The van der Waals surface area contributed by atoms with Gasteiger partial charge in [-0.15, -0.1) is 0 Å². The lowest BCUT2D eigenvalue weighted by Crippen LogP contribution is -2.43. The second-order valence-corrected chi connectivity index (χ2v) is 8.46. The zero-order chi connectivity index (χ0) is 25.2. The zero-order valence-electron chi connectivity index (χ0n) is 20.2. The van der Waals surface area contributed by atoms with Crippen LogP contribution in [0.1, 0.15) is 16.1 Å². The lowest BCUT2D eigenvalue weighted by molar-refractivity contribution is -0.136. The molecule has 10 nitrogen and oxygen atoms in total. The molecular weight excluding hydrogens is 462 g/mol. The van der Waals surface area contributed by atoms with Gasteiger partial charge in [-0.2, -0.15) is 0 Å². The maximum Gasteiger partial charge on any atom is 0.313 e. The first-order chi connectivity index (χ1) is 17.6. The number of nitrogens with zero attached hydrogens (tertiary/aromatic N) is 3. The van der Waals surface area contributed by atoms with Crippen LogP contribution in [0.3, 0.4) is 0 Å². The van der Waals surface area contributed by atoms with E-state index in [0.717, 1.165) is 32.0 Å². The van der Waals surface area contributed by atoms with Crippen LogP contribution in [0.2, 0.25) is 0 Å². The third-order valence-electron chi connectivity index (χ3n) is 5.95. The Hall–Kier alpha value is -3.60. The number of hydrogen-bond donors (Lipinski definition) is 2. The minimum atomic E-state index is -0.748. The van der Waals surface area contributed by atoms with Gasteiger partial charge in [-0.05, 0) is 48.6 Å². The number of ether oxygens (including phenoxy) is 2. The van der Waals surface area contributed by atoms with Crippen LogP contribution in [0.25, 0.3) is 6.08 Å². The molecule has 0 spiro atoms. The SMILES string of the molecule is O=C(NCCN1CCOCC1)C(=O)Nc1ccc(C(=O)C=Cc2cccc(N3CCOCC3)n2)cc1. The Labute approximate surface area is 210 Å². The molecule has 2 N–H and O–H groups in total. The summed E-state index contributed by atoms with van der Waals surface area (Å²) in [6.45, 7) is 6.99. The van der Waals surface area contributed by atoms with Gasteiger partial charge in [-0.1, -0.05) is 6.07 Å². The van der Waals surface area contributed by atoms with E-state index in [-0.39, 0.29) is 5.78 Å². The molecule has 2 aliphatic rings. The maximum atomic E-state index is 12.6. The molecule has 2 aromatic rings. The highest BCUT2D eigenvalue weighted by atomic mass is 16.5. The number of allylic oxidation sites excluding steroid dienone is 1. The molecule has 0 saturated carbocycles. The van der Waals surface area contributed by atoms with Gasteiger partial charge in [-0.25, -0.2) is 4.98 Å². The van der Waals surface area contributed by atoms with E-state index in [1.54, 1.807) is 30.3 Å². The molecule has 2 fully saturated rings. The summed E-state index contributed by atoms with van der Waals surface area (Å²) in [5, 5.41) is 5.18. The molecule has 1 aromatic carbocycles. The molecule has 4 rings (SSSR count). The molecular formula is C26H31N5O5. The van der Waals surface area contributed by atoms with E-state index >= 15 is 0 Å². The first-order valence-corrected chi connectivity index (χ1v) is 12.1. The molecule has 36 heavy (non-hydrogen) atoms. The second-order valence-electron chi connectivity index (χ2n) is 8.46. The van der Waals surface area contributed by atoms with Crippen LogP contribution >= 0.6 is 0 Å². The molecule has 0 radical (unpaired) electrons. The van der Waals surface area contributed by atoms with Gasteiger partial charge in [0, 0.05) is 50.5 Å². The number of pyridine rings is 1. The van der Waals surface area contributed by atoms with Crippen molar-refractivity contribution in [2.45, 2.75) is 0 Å². The number of carbonyl (C=O) groups is 3. The number of benzene rings is 1. The van der Waals surface area contributed by atoms with E-state index < -0.39 is 11.8 Å². The monoisotopic (exact) mass is 493 g/mol. The fourth-order valence-electron chi connectivity index (χ4n) is 3.90. The highest BCUT2D eigenvalue weighted by Gasteiger charge is 2.16. The van der Waals surface area contributed by atoms with Crippen LogP contribution in [0.4, 0.5) is 11.5 Å². The summed E-state index contributed by atoms with van der Waals surface area (Å²) in [6.07, 6.45) is 3.16. The van der Waals surface area contributed by atoms with E-state index in [1.807, 2.05) is 18.2 Å². The van der Waals surface area contributed by atoms with Gasteiger partial charge >= 0.3 is 11.8 Å². The van der Waals surface area contributed by atoms with Crippen LogP contribution in [0.5, 0.6) is 0 Å². The molecule has 190 valence electrons. The predicted molar refractivity (Wildman–Crippen MR) is 136 cm³/mol. The summed E-state index contributed by atoms with van der Waals surface area (Å²) in [5.74, 6) is -0.772. The Bertz CT molecular complexity index is 1080. The van der Waals surface area contributed by atoms with Crippen molar-refractivity contribution in [1.82, 2.24) is 15.2 Å². The third-order valence-corrected chi connectivity index (χ3v) is 5.95. The lowest BCUT2D eigenvalue weighted by atomic mass is 10.1. The van der Waals surface area contributed by atoms with Gasteiger partial charge in [0.1, 0.15) is 5.82 Å². The minimum absolute atomic E-state index is 0.188. The van der Waals surface area contributed by atoms with Crippen molar-refractivity contribution in [2.24, 2.45) is 0 Å². The molecule has 10 heteroatoms. The van der Waals surface area contributed by atoms with Crippen molar-refractivity contribution in [3.05, 3.63) is 59.8 Å². The maximum absolute atomic E-state index is 12.6. The van der Waals surface area contributed by atoms with E-state index in [0.29, 0.717) is 56.5 Å². The number of anilines is 2. The van der Waals surface area contributed by atoms with Crippen LogP contribution in [0, 0.1) is 0 Å². The average molecular weight is 494 g/mol. The van der Waals surface area contributed by atoms with Crippen LogP contribution in [-0.2, 0) is 19.1 Å². The summed E-state index contributed by atoms with van der Waals surface area (Å²) < 4.78 is 10.7. The molecule has 2 aliphatic heterocycles. The molecule has 3 heterocycles. The van der Waals surface area contributed by atoms with Gasteiger partial charge in [0.2, 0.25) is 0 Å². The topological polar surface area (TPSA) is 113 Å². The first kappa shape index (κ1) is 25.5. The molecule has 0 atom stereocenters. The minimum Gasteiger partial charge on any atom is -0.379 e. The predicted octanol–water partition coefficient (Wildman–Crippen LogP) is 1.20. The number of nitrogens with one attached hydrogen (secondary N) is 2. The van der Waals surface area contributed by atoms with Crippen LogP contribution in [0.15, 0.2) is 48.5 Å². The fraction of sp³-hybridized carbons (Fsp3) is 0.385. The number of carbonyl (C=O) groups excluding carboxylic acids is 3. The van der Waals surface area contributed by atoms with Gasteiger partial charge in [0.05, 0.1) is 32.1 Å². The Morgan fingerprint density at radius 2 is 1.58 bits per heavy atom. The smallest absolute Gasteiger partial charge is 0.313 e. The quantitative estimate of drug-likeness (QED) is 0.321. The highest BCUT2D eigenvalue weighted by molar-refractivity contribution is 6.39. The van der Waals surface area contributed by atoms with Crippen molar-refractivity contribution in [3.63, 3.8) is 0 Å². The van der Waals surface area contributed by atoms with E-state index in [4.69, 9.17) is 9.47 Å². The molecule has 2 amide bonds. The number of hydrogen-bond acceptors (Lipinski definition) is 8. The lowest BCUT2D eigenvalue weighted by Gasteiger charge is -2.27. The van der Waals surface area contributed by atoms with Crippen molar-refractivity contribution >= 4 is 35.2 Å². The van der Waals surface area contributed by atoms with Crippen molar-refractivity contribution in [3.8, 4) is 0 Å². The number of aromatic nitrogens is 1. The van der Waals surface area contributed by atoms with Gasteiger partial charge in [0.25, 0.3) is 0 Å². The molecule has 0 bridgehead atoms.